The van der Waals surface area contributed by atoms with E-state index >= 15 is 0 Å². The lowest BCUT2D eigenvalue weighted by atomic mass is 10.1. The number of aryl methyl sites for hydroxylation is 2. The Labute approximate surface area is 132 Å². The maximum absolute atomic E-state index is 14.0. The van der Waals surface area contributed by atoms with Gasteiger partial charge in [-0.05, 0) is 36.6 Å². The second-order valence-corrected chi connectivity index (χ2v) is 5.43. The van der Waals surface area contributed by atoms with Crippen molar-refractivity contribution in [1.82, 2.24) is 0 Å². The summed E-state index contributed by atoms with van der Waals surface area (Å²) in [5.74, 6) is 0.258. The summed E-state index contributed by atoms with van der Waals surface area (Å²) in [5.41, 5.74) is 3.63. The van der Waals surface area contributed by atoms with Crippen LogP contribution >= 0.6 is 15.9 Å². The number of hydrogen-bond acceptors (Lipinski definition) is 2. The molecule has 0 aliphatic heterocycles. The molecule has 0 unspecified atom stereocenters. The first-order valence-electron chi connectivity index (χ1n) is 6.53. The monoisotopic (exact) mass is 347 g/mol. The lowest BCUT2D eigenvalue weighted by Crippen LogP contribution is -2.03. The molecule has 0 heterocycles. The van der Waals surface area contributed by atoms with Gasteiger partial charge >= 0.3 is 0 Å². The fraction of sp³-hybridized carbons (Fsp3) is 0.235. The molecule has 2 aromatic rings. The second-order valence-electron chi connectivity index (χ2n) is 4.87. The van der Waals surface area contributed by atoms with E-state index in [1.807, 2.05) is 32.0 Å². The number of alkyl halides is 1. The van der Waals surface area contributed by atoms with Crippen molar-refractivity contribution in [2.75, 3.05) is 0 Å². The average molecular weight is 348 g/mol. The van der Waals surface area contributed by atoms with Crippen molar-refractivity contribution in [3.8, 4) is 11.8 Å². The van der Waals surface area contributed by atoms with Crippen molar-refractivity contribution < 1.29 is 9.13 Å². The zero-order chi connectivity index (χ0) is 15.4. The molecule has 0 saturated carbocycles. The highest BCUT2D eigenvalue weighted by Gasteiger charge is 2.11. The highest BCUT2D eigenvalue weighted by Crippen LogP contribution is 2.27. The Hall–Kier alpha value is -1.86. The van der Waals surface area contributed by atoms with Crippen LogP contribution in [0.1, 0.15) is 27.8 Å². The molecular formula is C17H15BrFNO. The van der Waals surface area contributed by atoms with E-state index in [0.717, 1.165) is 22.2 Å². The summed E-state index contributed by atoms with van der Waals surface area (Å²) in [6.07, 6.45) is 0. The van der Waals surface area contributed by atoms with Gasteiger partial charge in [-0.15, -0.1) is 0 Å². The lowest BCUT2D eigenvalue weighted by molar-refractivity contribution is 0.295. The highest BCUT2D eigenvalue weighted by molar-refractivity contribution is 9.08. The van der Waals surface area contributed by atoms with Crippen molar-refractivity contribution in [3.05, 3.63) is 64.0 Å². The van der Waals surface area contributed by atoms with Gasteiger partial charge in [0.05, 0.1) is 5.56 Å². The number of hydrogen-bond donors (Lipinski definition) is 0. The molecule has 2 aromatic carbocycles. The van der Waals surface area contributed by atoms with E-state index in [1.54, 1.807) is 12.1 Å². The summed E-state index contributed by atoms with van der Waals surface area (Å²) >= 11 is 3.43. The molecule has 2 rings (SSSR count). The van der Waals surface area contributed by atoms with Crippen molar-refractivity contribution in [3.63, 3.8) is 0 Å². The molecule has 4 heteroatoms. The van der Waals surface area contributed by atoms with E-state index < -0.39 is 5.82 Å². The minimum atomic E-state index is -0.507. The number of benzene rings is 2. The fourth-order valence-electron chi connectivity index (χ4n) is 2.27. The third-order valence-electron chi connectivity index (χ3n) is 3.25. The van der Waals surface area contributed by atoms with Crippen LogP contribution in [0.4, 0.5) is 4.39 Å². The van der Waals surface area contributed by atoms with E-state index in [2.05, 4.69) is 15.9 Å². The largest absolute Gasteiger partial charge is 0.488 e. The number of ether oxygens (including phenoxy) is 1. The molecule has 0 aliphatic rings. The predicted octanol–water partition coefficient (Wildman–Crippen LogP) is 4.79. The Kier molecular flexibility index (Phi) is 4.98. The Balaban J connectivity index is 2.23. The van der Waals surface area contributed by atoms with Crippen LogP contribution in [0.3, 0.4) is 0 Å². The van der Waals surface area contributed by atoms with Crippen LogP contribution in [0.25, 0.3) is 0 Å². The van der Waals surface area contributed by atoms with Gasteiger partial charge in [0.15, 0.2) is 0 Å². The van der Waals surface area contributed by atoms with Crippen LogP contribution in [0.5, 0.6) is 5.75 Å². The molecule has 0 aliphatic carbocycles. The van der Waals surface area contributed by atoms with Gasteiger partial charge in [0.2, 0.25) is 0 Å². The Morgan fingerprint density at radius 3 is 2.48 bits per heavy atom. The van der Waals surface area contributed by atoms with Crippen molar-refractivity contribution in [2.45, 2.75) is 25.8 Å². The number of nitriles is 1. The van der Waals surface area contributed by atoms with Gasteiger partial charge < -0.3 is 4.74 Å². The van der Waals surface area contributed by atoms with Crippen molar-refractivity contribution in [2.24, 2.45) is 0 Å². The van der Waals surface area contributed by atoms with E-state index in [9.17, 15) is 4.39 Å². The minimum Gasteiger partial charge on any atom is -0.488 e. The van der Waals surface area contributed by atoms with Crippen LogP contribution in [0.2, 0.25) is 0 Å². The molecule has 108 valence electrons. The van der Waals surface area contributed by atoms with Crippen LogP contribution in [0.15, 0.2) is 30.3 Å². The number of halogens is 2. The molecule has 0 radical (unpaired) electrons. The molecule has 0 fully saturated rings. The zero-order valence-corrected chi connectivity index (χ0v) is 13.5. The SMILES string of the molecule is Cc1cc(CBr)cc(C)c1OCc1cccc(C#N)c1F. The molecule has 21 heavy (non-hydrogen) atoms. The Bertz CT molecular complexity index is 683. The van der Waals surface area contributed by atoms with E-state index in [4.69, 9.17) is 10.00 Å². The summed E-state index contributed by atoms with van der Waals surface area (Å²) in [4.78, 5) is 0. The van der Waals surface area contributed by atoms with Crippen LogP contribution in [-0.2, 0) is 11.9 Å². The van der Waals surface area contributed by atoms with E-state index in [-0.39, 0.29) is 12.2 Å². The number of nitrogens with zero attached hydrogens (tertiary/aromatic N) is 1. The summed E-state index contributed by atoms with van der Waals surface area (Å²) in [6.45, 7) is 4.05. The summed E-state index contributed by atoms with van der Waals surface area (Å²) in [5, 5.41) is 9.62. The zero-order valence-electron chi connectivity index (χ0n) is 11.9. The standard InChI is InChI=1S/C17H15BrFNO/c1-11-6-13(8-18)7-12(2)17(11)21-10-15-5-3-4-14(9-20)16(15)19/h3-7H,8,10H2,1-2H3. The summed E-state index contributed by atoms with van der Waals surface area (Å²) in [7, 11) is 0. The van der Waals surface area contributed by atoms with Gasteiger partial charge in [0, 0.05) is 10.9 Å². The molecule has 0 saturated heterocycles. The molecule has 0 amide bonds. The third-order valence-corrected chi connectivity index (χ3v) is 3.89. The number of rotatable bonds is 4. The van der Waals surface area contributed by atoms with Crippen LogP contribution < -0.4 is 4.74 Å². The molecule has 0 spiro atoms. The molecule has 2 nitrogen and oxygen atoms in total. The maximum Gasteiger partial charge on any atom is 0.147 e. The summed E-state index contributed by atoms with van der Waals surface area (Å²) < 4.78 is 19.8. The van der Waals surface area contributed by atoms with Gasteiger partial charge in [0.25, 0.3) is 0 Å². The van der Waals surface area contributed by atoms with Gasteiger partial charge in [-0.2, -0.15) is 5.26 Å². The van der Waals surface area contributed by atoms with Crippen molar-refractivity contribution >= 4 is 15.9 Å². The van der Waals surface area contributed by atoms with Crippen LogP contribution in [-0.4, -0.2) is 0 Å². The third kappa shape index (κ3) is 3.43. The Morgan fingerprint density at radius 1 is 1.24 bits per heavy atom. The normalized spacial score (nSPS) is 10.2. The predicted molar refractivity (Wildman–Crippen MR) is 84.0 cm³/mol. The van der Waals surface area contributed by atoms with Gasteiger partial charge in [-0.3, -0.25) is 0 Å². The maximum atomic E-state index is 14.0. The van der Waals surface area contributed by atoms with Crippen molar-refractivity contribution in [1.29, 1.82) is 5.26 Å². The summed E-state index contributed by atoms with van der Waals surface area (Å²) in [6, 6.07) is 10.7. The highest BCUT2D eigenvalue weighted by atomic mass is 79.9. The first-order chi connectivity index (χ1) is 10.1. The van der Waals surface area contributed by atoms with Gasteiger partial charge in [-0.25, -0.2) is 4.39 Å². The molecule has 0 atom stereocenters. The second kappa shape index (κ2) is 6.73. The first kappa shape index (κ1) is 15.5. The Morgan fingerprint density at radius 2 is 1.90 bits per heavy atom. The quantitative estimate of drug-likeness (QED) is 0.745. The van der Waals surface area contributed by atoms with E-state index in [0.29, 0.717) is 5.56 Å². The average Bonchev–Trinajstić information content (AvgIpc) is 2.47. The molecule has 0 N–H and O–H groups in total. The first-order valence-corrected chi connectivity index (χ1v) is 7.65. The van der Waals surface area contributed by atoms with Crippen LogP contribution in [0, 0.1) is 31.0 Å². The van der Waals surface area contributed by atoms with E-state index in [1.165, 1.54) is 11.6 Å². The lowest BCUT2D eigenvalue weighted by Gasteiger charge is -2.14. The molecule has 0 aromatic heterocycles. The topological polar surface area (TPSA) is 33.0 Å². The smallest absolute Gasteiger partial charge is 0.147 e. The molecule has 0 bridgehead atoms. The minimum absolute atomic E-state index is 0.0409. The van der Waals surface area contributed by atoms with Gasteiger partial charge in [-0.1, -0.05) is 40.2 Å². The van der Waals surface area contributed by atoms with Gasteiger partial charge in [0.1, 0.15) is 24.2 Å². The molecular weight excluding hydrogens is 333 g/mol. The fourth-order valence-corrected chi connectivity index (χ4v) is 2.60.